The molecular formula is C13H21N7S. The molecule has 7 nitrogen and oxygen atoms in total. The maximum atomic E-state index is 4.64. The topological polar surface area (TPSA) is 82.6 Å². The number of nitrogens with one attached hydrogen (secondary N) is 2. The van der Waals surface area contributed by atoms with Crippen LogP contribution in [0.5, 0.6) is 0 Å². The molecule has 3 heterocycles. The molecule has 1 fully saturated rings. The zero-order valence-electron chi connectivity index (χ0n) is 12.5. The van der Waals surface area contributed by atoms with Gasteiger partial charge in [-0.15, -0.1) is 10.2 Å². The predicted octanol–water partition coefficient (Wildman–Crippen LogP) is 1.46. The zero-order chi connectivity index (χ0) is 14.7. The highest BCUT2D eigenvalue weighted by Gasteiger charge is 2.22. The average Bonchev–Trinajstić information content (AvgIpc) is 3.16. The molecule has 8 heteroatoms. The Labute approximate surface area is 128 Å². The molecule has 2 N–H and O–H groups in total. The Balaban J connectivity index is 1.73. The third-order valence-corrected chi connectivity index (χ3v) is 4.69. The Bertz CT molecular complexity index is 571. The number of anilines is 1. The lowest BCUT2D eigenvalue weighted by molar-refractivity contribution is 0.439. The van der Waals surface area contributed by atoms with E-state index in [0.29, 0.717) is 6.04 Å². The van der Waals surface area contributed by atoms with Gasteiger partial charge in [-0.1, -0.05) is 17.8 Å². The van der Waals surface area contributed by atoms with E-state index in [1.54, 1.807) is 0 Å². The summed E-state index contributed by atoms with van der Waals surface area (Å²) in [6.45, 7) is 4.12. The van der Waals surface area contributed by atoms with Gasteiger partial charge in [-0.25, -0.2) is 0 Å². The molecule has 0 saturated carbocycles. The second-order valence-corrected chi connectivity index (χ2v) is 6.09. The van der Waals surface area contributed by atoms with Gasteiger partial charge in [0.1, 0.15) is 4.88 Å². The molecular weight excluding hydrogens is 286 g/mol. The highest BCUT2D eigenvalue weighted by molar-refractivity contribution is 7.09. The average molecular weight is 307 g/mol. The van der Waals surface area contributed by atoms with Gasteiger partial charge in [-0.3, -0.25) is 5.10 Å². The molecule has 2 aromatic heterocycles. The molecule has 0 spiro atoms. The van der Waals surface area contributed by atoms with Gasteiger partial charge in [0.25, 0.3) is 0 Å². The lowest BCUT2D eigenvalue weighted by Crippen LogP contribution is -2.41. The van der Waals surface area contributed by atoms with Gasteiger partial charge >= 0.3 is 0 Å². The van der Waals surface area contributed by atoms with Crippen LogP contribution in [0, 0.1) is 0 Å². The molecule has 114 valence electrons. The normalized spacial score (nSPS) is 16.6. The van der Waals surface area contributed by atoms with Crippen LogP contribution in [0.2, 0.25) is 0 Å². The molecule has 3 rings (SSSR count). The summed E-state index contributed by atoms with van der Waals surface area (Å²) in [5, 5.41) is 14.9. The number of aryl methyl sites for hydroxylation is 1. The van der Waals surface area contributed by atoms with Crippen molar-refractivity contribution in [3.63, 3.8) is 0 Å². The standard InChI is InChI=1S/C13H21N7S/c1-3-4-10-11(21-19-16-10)12-15-13(18-17-12)20-7-5-9(14-2)6-8-20/h9,14H,3-8H2,1-2H3,(H,15,17,18). The Morgan fingerprint density at radius 2 is 2.19 bits per heavy atom. The first kappa shape index (κ1) is 14.4. The molecule has 0 amide bonds. The first-order valence-electron chi connectivity index (χ1n) is 7.48. The first-order valence-corrected chi connectivity index (χ1v) is 8.25. The third kappa shape index (κ3) is 3.06. The fraction of sp³-hybridized carbons (Fsp3) is 0.692. The molecule has 0 radical (unpaired) electrons. The second kappa shape index (κ2) is 6.48. The largest absolute Gasteiger partial charge is 0.339 e. The molecule has 21 heavy (non-hydrogen) atoms. The van der Waals surface area contributed by atoms with Crippen molar-refractivity contribution >= 4 is 17.5 Å². The van der Waals surface area contributed by atoms with Gasteiger partial charge in [0.05, 0.1) is 5.69 Å². The summed E-state index contributed by atoms with van der Waals surface area (Å²) in [7, 11) is 2.03. The number of hydrogen-bond donors (Lipinski definition) is 2. The van der Waals surface area contributed by atoms with E-state index in [1.165, 1.54) is 11.5 Å². The smallest absolute Gasteiger partial charge is 0.245 e. The van der Waals surface area contributed by atoms with Crippen molar-refractivity contribution in [2.45, 2.75) is 38.6 Å². The number of aromatic amines is 1. The summed E-state index contributed by atoms with van der Waals surface area (Å²) < 4.78 is 4.04. The van der Waals surface area contributed by atoms with Crippen LogP contribution in [0.4, 0.5) is 5.95 Å². The van der Waals surface area contributed by atoms with Gasteiger partial charge < -0.3 is 10.2 Å². The van der Waals surface area contributed by atoms with E-state index >= 15 is 0 Å². The minimum atomic E-state index is 0.613. The van der Waals surface area contributed by atoms with Crippen LogP contribution >= 0.6 is 11.5 Å². The van der Waals surface area contributed by atoms with E-state index in [-0.39, 0.29) is 0 Å². The molecule has 0 aromatic carbocycles. The summed E-state index contributed by atoms with van der Waals surface area (Å²) in [5.74, 6) is 1.58. The highest BCUT2D eigenvalue weighted by atomic mass is 32.1. The molecule has 0 atom stereocenters. The van der Waals surface area contributed by atoms with Crippen LogP contribution in [0.1, 0.15) is 31.9 Å². The summed E-state index contributed by atoms with van der Waals surface area (Å²) in [6.07, 6.45) is 4.24. The number of aromatic nitrogens is 5. The maximum Gasteiger partial charge on any atom is 0.245 e. The summed E-state index contributed by atoms with van der Waals surface area (Å²) in [4.78, 5) is 7.89. The maximum absolute atomic E-state index is 4.64. The third-order valence-electron chi connectivity index (χ3n) is 3.92. The minimum absolute atomic E-state index is 0.613. The van der Waals surface area contributed by atoms with E-state index in [9.17, 15) is 0 Å². The van der Waals surface area contributed by atoms with Crippen LogP contribution < -0.4 is 10.2 Å². The second-order valence-electron chi connectivity index (χ2n) is 5.33. The molecule has 0 unspecified atom stereocenters. The lowest BCUT2D eigenvalue weighted by Gasteiger charge is -2.30. The van der Waals surface area contributed by atoms with Crippen LogP contribution in [-0.4, -0.2) is 50.9 Å². The first-order chi connectivity index (χ1) is 10.3. The quantitative estimate of drug-likeness (QED) is 0.870. The number of rotatable bonds is 5. The van der Waals surface area contributed by atoms with Crippen molar-refractivity contribution in [2.75, 3.05) is 25.0 Å². The van der Waals surface area contributed by atoms with E-state index in [2.05, 4.69) is 41.9 Å². The van der Waals surface area contributed by atoms with Crippen molar-refractivity contribution in [1.82, 2.24) is 30.1 Å². The fourth-order valence-electron chi connectivity index (χ4n) is 2.65. The molecule has 2 aromatic rings. The molecule has 1 saturated heterocycles. The van der Waals surface area contributed by atoms with E-state index in [1.807, 2.05) is 7.05 Å². The number of nitrogens with zero attached hydrogens (tertiary/aromatic N) is 5. The summed E-state index contributed by atoms with van der Waals surface area (Å²) in [5.41, 5.74) is 1.01. The molecule has 0 bridgehead atoms. The zero-order valence-corrected chi connectivity index (χ0v) is 13.3. The van der Waals surface area contributed by atoms with Gasteiger partial charge in [0, 0.05) is 19.1 Å². The Kier molecular flexibility index (Phi) is 4.45. The predicted molar refractivity (Wildman–Crippen MR) is 83.6 cm³/mol. The SMILES string of the molecule is CCCc1nnsc1-c1nc(N2CCC(NC)CC2)n[nH]1. The van der Waals surface area contributed by atoms with Crippen molar-refractivity contribution in [1.29, 1.82) is 0 Å². The lowest BCUT2D eigenvalue weighted by atomic mass is 10.1. The van der Waals surface area contributed by atoms with Crippen molar-refractivity contribution in [2.24, 2.45) is 0 Å². The molecule has 1 aliphatic rings. The molecule has 1 aliphatic heterocycles. The van der Waals surface area contributed by atoms with Crippen molar-refractivity contribution in [3.05, 3.63) is 5.69 Å². The van der Waals surface area contributed by atoms with Crippen molar-refractivity contribution < 1.29 is 0 Å². The van der Waals surface area contributed by atoms with Gasteiger partial charge in [0.15, 0.2) is 5.82 Å². The van der Waals surface area contributed by atoms with Crippen LogP contribution in [-0.2, 0) is 6.42 Å². The van der Waals surface area contributed by atoms with Gasteiger partial charge in [-0.05, 0) is 37.8 Å². The number of piperidine rings is 1. The van der Waals surface area contributed by atoms with Crippen LogP contribution in [0.25, 0.3) is 10.7 Å². The van der Waals surface area contributed by atoms with E-state index in [0.717, 1.165) is 61.1 Å². The van der Waals surface area contributed by atoms with Crippen LogP contribution in [0.3, 0.4) is 0 Å². The number of hydrogen-bond acceptors (Lipinski definition) is 7. The van der Waals surface area contributed by atoms with E-state index in [4.69, 9.17) is 0 Å². The fourth-order valence-corrected chi connectivity index (χ4v) is 3.30. The van der Waals surface area contributed by atoms with E-state index < -0.39 is 0 Å². The Morgan fingerprint density at radius 3 is 2.90 bits per heavy atom. The van der Waals surface area contributed by atoms with Gasteiger partial charge in [0.2, 0.25) is 5.95 Å². The number of H-pyrrole nitrogens is 1. The van der Waals surface area contributed by atoms with Gasteiger partial charge in [-0.2, -0.15) is 4.98 Å². The highest BCUT2D eigenvalue weighted by Crippen LogP contribution is 2.25. The van der Waals surface area contributed by atoms with Crippen molar-refractivity contribution in [3.8, 4) is 10.7 Å². The summed E-state index contributed by atoms with van der Waals surface area (Å²) in [6, 6.07) is 0.613. The van der Waals surface area contributed by atoms with Crippen LogP contribution in [0.15, 0.2) is 0 Å². The molecule has 0 aliphatic carbocycles. The summed E-state index contributed by atoms with van der Waals surface area (Å²) >= 11 is 1.38. The Morgan fingerprint density at radius 1 is 1.38 bits per heavy atom. The minimum Gasteiger partial charge on any atom is -0.339 e. The monoisotopic (exact) mass is 307 g/mol. The Hall–Kier alpha value is -1.54.